The minimum absolute atomic E-state index is 0.548. The molecule has 0 atom stereocenters. The van der Waals surface area contributed by atoms with E-state index in [0.29, 0.717) is 52.9 Å². The summed E-state index contributed by atoms with van der Waals surface area (Å²) >= 11 is 0. The first-order valence-corrected chi connectivity index (χ1v) is 8.17. The van der Waals surface area contributed by atoms with Gasteiger partial charge in [0.25, 0.3) is 0 Å². The van der Waals surface area contributed by atoms with Gasteiger partial charge in [0.15, 0.2) is 11.9 Å². The molecule has 7 heteroatoms. The summed E-state index contributed by atoms with van der Waals surface area (Å²) < 4.78 is 26.1. The fourth-order valence-corrected chi connectivity index (χ4v) is 2.18. The van der Waals surface area contributed by atoms with E-state index in [1.807, 2.05) is 9.36 Å². The van der Waals surface area contributed by atoms with Gasteiger partial charge in [-0.2, -0.15) is 0 Å². The fraction of sp³-hybridized carbons (Fsp3) is 0.867. The highest BCUT2D eigenvalue weighted by Crippen LogP contribution is 2.00. The van der Waals surface area contributed by atoms with E-state index in [4.69, 9.17) is 18.9 Å². The van der Waals surface area contributed by atoms with Crippen molar-refractivity contribution in [2.45, 2.75) is 39.5 Å². The molecule has 2 heterocycles. The number of fused-ring (bicyclic) bond motifs is 1. The Kier molecular flexibility index (Phi) is 8.40. The van der Waals surface area contributed by atoms with Crippen molar-refractivity contribution in [3.63, 3.8) is 0 Å². The normalized spacial score (nSPS) is 19.1. The Labute approximate surface area is 132 Å². The first kappa shape index (κ1) is 17.3. The number of nitrogens with zero attached hydrogens (tertiary/aromatic N) is 3. The number of hydrogen-bond donors (Lipinski definition) is 0. The third-order valence-electron chi connectivity index (χ3n) is 3.41. The third kappa shape index (κ3) is 6.39. The van der Waals surface area contributed by atoms with Crippen LogP contribution >= 0.6 is 0 Å². The van der Waals surface area contributed by atoms with Gasteiger partial charge in [0.05, 0.1) is 51.5 Å². The van der Waals surface area contributed by atoms with Crippen LogP contribution in [-0.4, -0.2) is 56.1 Å². The molecule has 0 amide bonds. The van der Waals surface area contributed by atoms with E-state index in [-0.39, 0.29) is 0 Å². The van der Waals surface area contributed by atoms with Gasteiger partial charge >= 0.3 is 0 Å². The van der Waals surface area contributed by atoms with Gasteiger partial charge in [0, 0.05) is 0 Å². The second-order valence-corrected chi connectivity index (χ2v) is 5.24. The van der Waals surface area contributed by atoms with E-state index >= 15 is 0 Å². The molecule has 0 aliphatic carbocycles. The van der Waals surface area contributed by atoms with Gasteiger partial charge in [-0.3, -0.25) is 0 Å². The van der Waals surface area contributed by atoms with E-state index in [9.17, 15) is 0 Å². The molecule has 7 nitrogen and oxygen atoms in total. The van der Waals surface area contributed by atoms with Crippen LogP contribution in [0.1, 0.15) is 25.5 Å². The van der Waals surface area contributed by atoms with Crippen LogP contribution in [0.15, 0.2) is 6.20 Å². The zero-order valence-corrected chi connectivity index (χ0v) is 13.5. The first-order chi connectivity index (χ1) is 10.9. The van der Waals surface area contributed by atoms with Crippen LogP contribution in [0.25, 0.3) is 0 Å². The lowest BCUT2D eigenvalue weighted by Gasteiger charge is -2.05. The van der Waals surface area contributed by atoms with E-state index in [0.717, 1.165) is 31.6 Å². The summed E-state index contributed by atoms with van der Waals surface area (Å²) in [5, 5.41) is 4.59. The molecule has 0 unspecified atom stereocenters. The lowest BCUT2D eigenvalue weighted by molar-refractivity contribution is -0.755. The molecule has 0 fully saturated rings. The maximum atomic E-state index is 5.67. The molecule has 2 rings (SSSR count). The van der Waals surface area contributed by atoms with Crippen molar-refractivity contribution in [1.82, 2.24) is 9.90 Å². The number of rotatable bonds is 3. The fourth-order valence-electron chi connectivity index (χ4n) is 2.18. The topological polar surface area (TPSA) is 58.6 Å². The summed E-state index contributed by atoms with van der Waals surface area (Å²) in [7, 11) is 0. The molecule has 0 bridgehead atoms. The van der Waals surface area contributed by atoms with Crippen molar-refractivity contribution < 1.29 is 23.6 Å². The van der Waals surface area contributed by atoms with E-state index in [1.54, 1.807) is 0 Å². The van der Waals surface area contributed by atoms with Gasteiger partial charge in [-0.05, 0) is 6.42 Å². The largest absolute Gasteiger partial charge is 0.377 e. The Bertz CT molecular complexity index is 380. The summed E-state index contributed by atoms with van der Waals surface area (Å²) in [6.45, 7) is 8.59. The zero-order chi connectivity index (χ0) is 15.5. The molecule has 0 saturated heterocycles. The molecule has 126 valence electrons. The minimum atomic E-state index is 0.548. The summed E-state index contributed by atoms with van der Waals surface area (Å²) in [4.78, 5) is 0. The Morgan fingerprint density at radius 3 is 2.32 bits per heavy atom. The van der Waals surface area contributed by atoms with Crippen molar-refractivity contribution in [2.75, 3.05) is 46.2 Å². The summed E-state index contributed by atoms with van der Waals surface area (Å²) in [6.07, 6.45) is 4.35. The van der Waals surface area contributed by atoms with Gasteiger partial charge in [-0.25, -0.2) is 0 Å². The van der Waals surface area contributed by atoms with Crippen molar-refractivity contribution in [1.29, 1.82) is 0 Å². The van der Waals surface area contributed by atoms with E-state index in [2.05, 4.69) is 18.3 Å². The Balaban J connectivity index is 1.91. The maximum absolute atomic E-state index is 5.67. The molecular formula is C15H28N3O4+. The van der Waals surface area contributed by atoms with Gasteiger partial charge < -0.3 is 18.9 Å². The quantitative estimate of drug-likeness (QED) is 0.763. The Hall–Kier alpha value is -1.02. The summed E-state index contributed by atoms with van der Waals surface area (Å²) in [6, 6.07) is 0. The number of hydrogen-bond acceptors (Lipinski definition) is 5. The summed E-state index contributed by atoms with van der Waals surface area (Å²) in [5.41, 5.74) is 1.07. The van der Waals surface area contributed by atoms with Crippen molar-refractivity contribution >= 4 is 0 Å². The van der Waals surface area contributed by atoms with Crippen LogP contribution in [-0.2, 0) is 38.6 Å². The molecule has 0 saturated carbocycles. The average molecular weight is 314 g/mol. The molecule has 1 aromatic heterocycles. The molecular weight excluding hydrogens is 286 g/mol. The molecule has 0 radical (unpaired) electrons. The van der Waals surface area contributed by atoms with E-state index < -0.39 is 0 Å². The Morgan fingerprint density at radius 1 is 1.00 bits per heavy atom. The average Bonchev–Trinajstić information content (AvgIpc) is 2.91. The predicted octanol–water partition coefficient (Wildman–Crippen LogP) is 0.551. The van der Waals surface area contributed by atoms with Crippen molar-refractivity contribution in [3.05, 3.63) is 11.9 Å². The SMILES string of the molecule is CCCC[n+]1cc2n(n1)CCOCCOCCOCCOC2. The van der Waals surface area contributed by atoms with Crippen LogP contribution in [0.2, 0.25) is 0 Å². The van der Waals surface area contributed by atoms with Gasteiger partial charge in [-0.1, -0.05) is 13.3 Å². The van der Waals surface area contributed by atoms with Crippen molar-refractivity contribution in [2.24, 2.45) is 0 Å². The molecule has 0 N–H and O–H groups in total. The van der Waals surface area contributed by atoms with Crippen LogP contribution in [0.3, 0.4) is 0 Å². The molecule has 0 spiro atoms. The lowest BCUT2D eigenvalue weighted by Crippen LogP contribution is -2.36. The van der Waals surface area contributed by atoms with Crippen molar-refractivity contribution in [3.8, 4) is 0 Å². The molecule has 1 aliphatic heterocycles. The van der Waals surface area contributed by atoms with Gasteiger partial charge in [-0.15, -0.1) is 9.36 Å². The number of aryl methyl sites for hydroxylation is 1. The molecule has 0 aromatic carbocycles. The van der Waals surface area contributed by atoms with Gasteiger partial charge in [0.1, 0.15) is 19.7 Å². The monoisotopic (exact) mass is 314 g/mol. The second kappa shape index (κ2) is 10.7. The molecule has 22 heavy (non-hydrogen) atoms. The highest BCUT2D eigenvalue weighted by molar-refractivity contribution is 4.88. The summed E-state index contributed by atoms with van der Waals surface area (Å²) in [5.74, 6) is 0. The standard InChI is InChI=1S/C15H28N3O4/c1-2-3-4-17-13-15-14-22-12-11-21-10-9-20-8-7-19-6-5-18(15)16-17/h13H,2-12,14H2,1H3/q+1. The lowest BCUT2D eigenvalue weighted by atomic mass is 10.3. The highest BCUT2D eigenvalue weighted by atomic mass is 16.6. The molecule has 1 aromatic rings. The van der Waals surface area contributed by atoms with Crippen LogP contribution in [0, 0.1) is 0 Å². The molecule has 1 aliphatic rings. The smallest absolute Gasteiger partial charge is 0.193 e. The van der Waals surface area contributed by atoms with Gasteiger partial charge in [0.2, 0.25) is 0 Å². The zero-order valence-electron chi connectivity index (χ0n) is 13.5. The van der Waals surface area contributed by atoms with Crippen LogP contribution < -0.4 is 4.68 Å². The Morgan fingerprint density at radius 2 is 1.64 bits per heavy atom. The maximum Gasteiger partial charge on any atom is 0.193 e. The highest BCUT2D eigenvalue weighted by Gasteiger charge is 2.15. The van der Waals surface area contributed by atoms with Crippen LogP contribution in [0.4, 0.5) is 0 Å². The second-order valence-electron chi connectivity index (χ2n) is 5.24. The number of aromatic nitrogens is 3. The minimum Gasteiger partial charge on any atom is -0.377 e. The van der Waals surface area contributed by atoms with E-state index in [1.165, 1.54) is 0 Å². The van der Waals surface area contributed by atoms with Crippen LogP contribution in [0.5, 0.6) is 0 Å². The third-order valence-corrected chi connectivity index (χ3v) is 3.41. The first-order valence-electron chi connectivity index (χ1n) is 8.17. The number of ether oxygens (including phenoxy) is 4. The number of unbranched alkanes of at least 4 members (excludes halogenated alkanes) is 1. The predicted molar refractivity (Wildman–Crippen MR) is 79.4 cm³/mol.